The Balaban J connectivity index is 1.35. The number of halogens is 1. The van der Waals surface area contributed by atoms with Gasteiger partial charge in [0, 0.05) is 33.9 Å². The van der Waals surface area contributed by atoms with Gasteiger partial charge in [0.05, 0.1) is 5.69 Å². The summed E-state index contributed by atoms with van der Waals surface area (Å²) in [6.07, 6.45) is 4.64. The van der Waals surface area contributed by atoms with Gasteiger partial charge < -0.3 is 4.57 Å². The van der Waals surface area contributed by atoms with Crippen molar-refractivity contribution in [1.82, 2.24) is 9.55 Å². The smallest absolute Gasteiger partial charge is 0.271 e. The zero-order chi connectivity index (χ0) is 27.1. The van der Waals surface area contributed by atoms with Crippen molar-refractivity contribution in [2.75, 3.05) is 4.31 Å². The largest absolute Gasteiger partial charge is 0.325 e. The highest BCUT2D eigenvalue weighted by Gasteiger charge is 2.30. The fourth-order valence-corrected chi connectivity index (χ4v) is 7.27. The monoisotopic (exact) mass is 599 g/mol. The molecule has 39 heavy (non-hydrogen) atoms. The Morgan fingerprint density at radius 2 is 1.72 bits per heavy atom. The maximum absolute atomic E-state index is 13.5. The number of hydrogen-bond donors (Lipinski definition) is 0. The zero-order valence-corrected chi connectivity index (χ0v) is 23.7. The minimum atomic E-state index is -4.13. The summed E-state index contributed by atoms with van der Waals surface area (Å²) in [7, 11) is -4.13. The van der Waals surface area contributed by atoms with Crippen molar-refractivity contribution >= 4 is 49.1 Å². The molecule has 0 N–H and O–H groups in total. The second-order valence-electron chi connectivity index (χ2n) is 9.85. The Morgan fingerprint density at radius 1 is 1.00 bits per heavy atom. The Bertz CT molecular complexity index is 1810. The predicted molar refractivity (Wildman–Crippen MR) is 157 cm³/mol. The molecule has 0 unspecified atom stereocenters. The molecule has 8 heteroatoms. The summed E-state index contributed by atoms with van der Waals surface area (Å²) < 4.78 is 30.5. The van der Waals surface area contributed by atoms with Gasteiger partial charge in [-0.15, -0.1) is 0 Å². The molecule has 6 nitrogen and oxygen atoms in total. The summed E-state index contributed by atoms with van der Waals surface area (Å²) in [6.45, 7) is 2.82. The summed E-state index contributed by atoms with van der Waals surface area (Å²) in [6, 6.07) is 25.9. The second-order valence-corrected chi connectivity index (χ2v) is 12.5. The average Bonchev–Trinajstić information content (AvgIpc) is 3.72. The molecule has 5 aromatic rings. The Hall–Kier alpha value is -3.75. The number of rotatable bonds is 8. The SMILES string of the molecule is Cc1ccnc2c1cc(C1CC1)n2Cc1ccc(-c2ccccc2N(C=O)S(=O)(=O)c2ccccc2Br)cc1. The lowest BCUT2D eigenvalue weighted by Crippen LogP contribution is -2.30. The molecular formula is C31H26BrN3O3S. The first-order valence-electron chi connectivity index (χ1n) is 12.8. The molecule has 0 saturated heterocycles. The number of carbonyl (C=O) groups is 1. The van der Waals surface area contributed by atoms with Crippen molar-refractivity contribution in [2.45, 2.75) is 37.1 Å². The highest BCUT2D eigenvalue weighted by atomic mass is 79.9. The number of fused-ring (bicyclic) bond motifs is 1. The normalized spacial score (nSPS) is 13.5. The second kappa shape index (κ2) is 10.1. The molecule has 1 fully saturated rings. The number of aromatic nitrogens is 2. The number of para-hydroxylation sites is 1. The maximum atomic E-state index is 13.5. The lowest BCUT2D eigenvalue weighted by molar-refractivity contribution is -0.106. The molecule has 2 heterocycles. The van der Waals surface area contributed by atoms with Gasteiger partial charge in [-0.3, -0.25) is 4.79 Å². The first-order valence-corrected chi connectivity index (χ1v) is 15.0. The molecule has 196 valence electrons. The van der Waals surface area contributed by atoms with Gasteiger partial charge in [-0.05, 0) is 88.6 Å². The van der Waals surface area contributed by atoms with Crippen LogP contribution in [0.2, 0.25) is 0 Å². The molecule has 0 bridgehead atoms. The molecule has 0 aliphatic heterocycles. The molecule has 1 amide bonds. The van der Waals surface area contributed by atoms with Crippen LogP contribution in [-0.2, 0) is 21.4 Å². The van der Waals surface area contributed by atoms with E-state index in [4.69, 9.17) is 4.98 Å². The van der Waals surface area contributed by atoms with E-state index in [1.807, 2.05) is 30.5 Å². The van der Waals surface area contributed by atoms with Crippen LogP contribution in [0.3, 0.4) is 0 Å². The van der Waals surface area contributed by atoms with Crippen molar-refractivity contribution in [2.24, 2.45) is 0 Å². The average molecular weight is 601 g/mol. The third-order valence-corrected chi connectivity index (χ3v) is 9.93. The number of anilines is 1. The van der Waals surface area contributed by atoms with E-state index in [1.54, 1.807) is 30.3 Å². The number of hydrogen-bond acceptors (Lipinski definition) is 4. The summed E-state index contributed by atoms with van der Waals surface area (Å²) in [5.74, 6) is 0.589. The van der Waals surface area contributed by atoms with E-state index in [0.717, 1.165) is 21.1 Å². The van der Waals surface area contributed by atoms with Gasteiger partial charge in [0.1, 0.15) is 10.5 Å². The van der Waals surface area contributed by atoms with Crippen LogP contribution in [0.1, 0.15) is 35.6 Å². The van der Waals surface area contributed by atoms with Gasteiger partial charge in [-0.1, -0.05) is 54.6 Å². The molecular weight excluding hydrogens is 574 g/mol. The maximum Gasteiger partial charge on any atom is 0.271 e. The molecule has 3 aromatic carbocycles. The van der Waals surface area contributed by atoms with Crippen LogP contribution >= 0.6 is 15.9 Å². The molecule has 1 aliphatic carbocycles. The summed E-state index contributed by atoms with van der Waals surface area (Å²) in [4.78, 5) is 16.9. The van der Waals surface area contributed by atoms with Gasteiger partial charge in [0.2, 0.25) is 6.41 Å². The summed E-state index contributed by atoms with van der Waals surface area (Å²) in [5, 5.41) is 1.20. The van der Waals surface area contributed by atoms with Crippen LogP contribution in [-0.4, -0.2) is 24.4 Å². The van der Waals surface area contributed by atoms with Crippen LogP contribution in [0.25, 0.3) is 22.2 Å². The van der Waals surface area contributed by atoms with E-state index in [1.165, 1.54) is 35.6 Å². The molecule has 2 aromatic heterocycles. The summed E-state index contributed by atoms with van der Waals surface area (Å²) >= 11 is 3.31. The van der Waals surface area contributed by atoms with Crippen molar-refractivity contribution in [3.8, 4) is 11.1 Å². The van der Waals surface area contributed by atoms with E-state index in [0.29, 0.717) is 34.6 Å². The van der Waals surface area contributed by atoms with Gasteiger partial charge in [-0.25, -0.2) is 17.7 Å². The van der Waals surface area contributed by atoms with E-state index in [9.17, 15) is 13.2 Å². The molecule has 1 saturated carbocycles. The minimum Gasteiger partial charge on any atom is -0.325 e. The lowest BCUT2D eigenvalue weighted by atomic mass is 10.0. The van der Waals surface area contributed by atoms with E-state index < -0.39 is 10.0 Å². The standard InChI is InChI=1S/C31H26BrN3O3S/c1-21-16-17-33-31-26(21)18-29(24-14-15-24)34(31)19-22-10-12-23(13-11-22)25-6-2-4-8-28(25)35(20-36)39(37,38)30-9-5-3-7-27(30)32/h2-13,16-18,20,24H,14-15,19H2,1H3. The highest BCUT2D eigenvalue weighted by Crippen LogP contribution is 2.43. The third kappa shape index (κ3) is 4.68. The van der Waals surface area contributed by atoms with E-state index >= 15 is 0 Å². The number of nitrogens with zero attached hydrogens (tertiary/aromatic N) is 3. The highest BCUT2D eigenvalue weighted by molar-refractivity contribution is 9.10. The van der Waals surface area contributed by atoms with Gasteiger partial charge in [-0.2, -0.15) is 0 Å². The van der Waals surface area contributed by atoms with Crippen molar-refractivity contribution in [3.63, 3.8) is 0 Å². The topological polar surface area (TPSA) is 72.3 Å². The molecule has 0 atom stereocenters. The lowest BCUT2D eigenvalue weighted by Gasteiger charge is -2.21. The van der Waals surface area contributed by atoms with E-state index in [2.05, 4.69) is 51.7 Å². The Kier molecular flexibility index (Phi) is 6.61. The van der Waals surface area contributed by atoms with Gasteiger partial charge >= 0.3 is 0 Å². The van der Waals surface area contributed by atoms with Crippen LogP contribution in [0, 0.1) is 6.92 Å². The van der Waals surface area contributed by atoms with Gasteiger partial charge in [0.15, 0.2) is 0 Å². The predicted octanol–water partition coefficient (Wildman–Crippen LogP) is 7.05. The zero-order valence-electron chi connectivity index (χ0n) is 21.3. The number of amides is 1. The van der Waals surface area contributed by atoms with Crippen LogP contribution < -0.4 is 4.31 Å². The number of aryl methyl sites for hydroxylation is 1. The Morgan fingerprint density at radius 3 is 2.44 bits per heavy atom. The molecule has 0 spiro atoms. The fraction of sp³-hybridized carbons (Fsp3) is 0.161. The Labute approximate surface area is 236 Å². The summed E-state index contributed by atoms with van der Waals surface area (Å²) in [5.41, 5.74) is 6.44. The number of sulfonamides is 1. The third-order valence-electron chi connectivity index (χ3n) is 7.26. The van der Waals surface area contributed by atoms with Crippen LogP contribution in [0.4, 0.5) is 5.69 Å². The molecule has 1 aliphatic rings. The first kappa shape index (κ1) is 25.5. The quantitative estimate of drug-likeness (QED) is 0.179. The number of benzene rings is 3. The number of carbonyl (C=O) groups excluding carboxylic acids is 1. The van der Waals surface area contributed by atoms with Crippen LogP contribution in [0.5, 0.6) is 0 Å². The van der Waals surface area contributed by atoms with Crippen LogP contribution in [0.15, 0.2) is 100 Å². The molecule has 0 radical (unpaired) electrons. The minimum absolute atomic E-state index is 0.0245. The van der Waals surface area contributed by atoms with Crippen molar-refractivity contribution in [1.29, 1.82) is 0 Å². The van der Waals surface area contributed by atoms with E-state index in [-0.39, 0.29) is 4.90 Å². The van der Waals surface area contributed by atoms with Crippen molar-refractivity contribution < 1.29 is 13.2 Å². The number of pyridine rings is 1. The van der Waals surface area contributed by atoms with Crippen molar-refractivity contribution in [3.05, 3.63) is 112 Å². The fourth-order valence-electron chi connectivity index (χ4n) is 5.07. The first-order chi connectivity index (χ1) is 18.9. The van der Waals surface area contributed by atoms with Gasteiger partial charge in [0.25, 0.3) is 10.0 Å². The molecule has 6 rings (SSSR count).